The fourth-order valence-corrected chi connectivity index (χ4v) is 5.07. The molecule has 0 saturated heterocycles. The Bertz CT molecular complexity index is 1230. The lowest BCUT2D eigenvalue weighted by Crippen LogP contribution is -2.20. The van der Waals surface area contributed by atoms with E-state index in [1.807, 2.05) is 35.9 Å². The number of aromatic nitrogens is 1. The molecule has 0 aliphatic heterocycles. The lowest BCUT2D eigenvalue weighted by molar-refractivity contribution is 0.0474. The molecule has 0 saturated carbocycles. The average molecular weight is 481 g/mol. The zero-order valence-corrected chi connectivity index (χ0v) is 19.5. The molecule has 0 atom stereocenters. The third kappa shape index (κ3) is 5.07. The van der Waals surface area contributed by atoms with Crippen LogP contribution in [-0.2, 0) is 21.3 Å². The molecule has 3 rings (SSSR count). The number of hydrogen-bond donors (Lipinski definition) is 1. The van der Waals surface area contributed by atoms with Crippen LogP contribution < -0.4 is 4.72 Å². The number of nitrogens with one attached hydrogen (secondary N) is 1. The first-order chi connectivity index (χ1) is 14.6. The number of carbonyl (C=O) groups excluding carboxylic acids is 2. The summed E-state index contributed by atoms with van der Waals surface area (Å²) in [5.74, 6) is -1.15. The van der Waals surface area contributed by atoms with E-state index in [-0.39, 0.29) is 21.3 Å². The van der Waals surface area contributed by atoms with E-state index in [2.05, 4.69) is 4.72 Å². The summed E-state index contributed by atoms with van der Waals surface area (Å²) < 4.78 is 33.4. The Kier molecular flexibility index (Phi) is 7.00. The number of nitrogens with zero attached hydrogens (tertiary/aromatic N) is 1. The van der Waals surface area contributed by atoms with Crippen molar-refractivity contribution in [3.05, 3.63) is 74.2 Å². The number of benzene rings is 1. The number of carbonyl (C=O) groups is 2. The molecule has 1 aromatic carbocycles. The van der Waals surface area contributed by atoms with Crippen LogP contribution >= 0.6 is 22.9 Å². The lowest BCUT2D eigenvalue weighted by atomic mass is 10.1. The number of halogens is 1. The van der Waals surface area contributed by atoms with Crippen LogP contribution in [0.2, 0.25) is 5.02 Å². The number of Topliss-reactive ketones (excluding diaryl/α,β-unsaturated/α-hetero) is 1. The molecule has 31 heavy (non-hydrogen) atoms. The standard InChI is InChI=1S/C21H21ClN2O5S2/c1-13-9-17(14(2)24(13)11-16-5-4-8-30-16)19(25)12-29-21(26)15-6-7-18(22)20(10-15)31(27,28)23-3/h4-10,23H,11-12H2,1-3H3. The van der Waals surface area contributed by atoms with Crippen molar-refractivity contribution in [2.45, 2.75) is 25.3 Å². The molecule has 0 spiro atoms. The Morgan fingerprint density at radius 3 is 2.58 bits per heavy atom. The normalized spacial score (nSPS) is 11.5. The fourth-order valence-electron chi connectivity index (χ4n) is 3.12. The number of sulfonamides is 1. The quantitative estimate of drug-likeness (QED) is 0.390. The van der Waals surface area contributed by atoms with Gasteiger partial charge in [0.25, 0.3) is 0 Å². The molecular formula is C21H21ClN2O5S2. The van der Waals surface area contributed by atoms with Gasteiger partial charge in [-0.3, -0.25) is 4.79 Å². The minimum Gasteiger partial charge on any atom is -0.454 e. The first-order valence-electron chi connectivity index (χ1n) is 9.26. The summed E-state index contributed by atoms with van der Waals surface area (Å²) in [5, 5.41) is 1.97. The second-order valence-electron chi connectivity index (χ2n) is 6.80. The summed E-state index contributed by atoms with van der Waals surface area (Å²) in [5.41, 5.74) is 2.19. The van der Waals surface area contributed by atoms with Crippen molar-refractivity contribution in [1.29, 1.82) is 0 Å². The monoisotopic (exact) mass is 480 g/mol. The highest BCUT2D eigenvalue weighted by atomic mass is 35.5. The molecule has 0 aliphatic rings. The van der Waals surface area contributed by atoms with Crippen LogP contribution in [0.1, 0.15) is 37.0 Å². The van der Waals surface area contributed by atoms with Crippen molar-refractivity contribution in [2.75, 3.05) is 13.7 Å². The van der Waals surface area contributed by atoms with Crippen molar-refractivity contribution >= 4 is 44.7 Å². The highest BCUT2D eigenvalue weighted by Crippen LogP contribution is 2.23. The predicted octanol–water partition coefficient (Wildman–Crippen LogP) is 3.82. The molecule has 0 bridgehead atoms. The molecule has 0 aliphatic carbocycles. The number of ether oxygens (including phenoxy) is 1. The number of ketones is 1. The third-order valence-corrected chi connectivity index (χ3v) is 7.58. The van der Waals surface area contributed by atoms with Gasteiger partial charge in [-0.15, -0.1) is 11.3 Å². The Hall–Kier alpha value is -2.46. The highest BCUT2D eigenvalue weighted by Gasteiger charge is 2.21. The Morgan fingerprint density at radius 1 is 1.19 bits per heavy atom. The number of rotatable bonds is 8. The van der Waals surface area contributed by atoms with Gasteiger partial charge in [-0.05, 0) is 56.6 Å². The largest absolute Gasteiger partial charge is 0.454 e. The van der Waals surface area contributed by atoms with Gasteiger partial charge in [0.2, 0.25) is 15.8 Å². The molecule has 1 N–H and O–H groups in total. The maximum atomic E-state index is 12.7. The minimum atomic E-state index is -3.85. The molecule has 0 unspecified atom stereocenters. The van der Waals surface area contributed by atoms with Crippen LogP contribution in [-0.4, -0.2) is 38.4 Å². The third-order valence-electron chi connectivity index (χ3n) is 4.83. The van der Waals surface area contributed by atoms with Crippen LogP contribution in [0.4, 0.5) is 0 Å². The van der Waals surface area contributed by atoms with Crippen LogP contribution in [0.5, 0.6) is 0 Å². The lowest BCUT2D eigenvalue weighted by Gasteiger charge is -2.09. The maximum Gasteiger partial charge on any atom is 0.338 e. The van der Waals surface area contributed by atoms with E-state index in [1.54, 1.807) is 17.4 Å². The number of esters is 1. The second-order valence-corrected chi connectivity index (χ2v) is 10.1. The molecule has 0 fully saturated rings. The Balaban J connectivity index is 1.73. The Morgan fingerprint density at radius 2 is 1.94 bits per heavy atom. The van der Waals surface area contributed by atoms with Crippen molar-refractivity contribution in [1.82, 2.24) is 9.29 Å². The zero-order valence-electron chi connectivity index (χ0n) is 17.1. The SMILES string of the molecule is CNS(=O)(=O)c1cc(C(=O)OCC(=O)c2cc(C)n(Cc3cccs3)c2C)ccc1Cl. The first kappa shape index (κ1) is 23.2. The highest BCUT2D eigenvalue weighted by molar-refractivity contribution is 7.89. The topological polar surface area (TPSA) is 94.5 Å². The second kappa shape index (κ2) is 9.35. The summed E-state index contributed by atoms with van der Waals surface area (Å²) >= 11 is 7.57. The summed E-state index contributed by atoms with van der Waals surface area (Å²) in [6.45, 7) is 3.97. The van der Waals surface area contributed by atoms with E-state index in [1.165, 1.54) is 24.1 Å². The molecule has 10 heteroatoms. The van der Waals surface area contributed by atoms with Gasteiger partial charge < -0.3 is 9.30 Å². The summed E-state index contributed by atoms with van der Waals surface area (Å²) in [4.78, 5) is 26.0. The van der Waals surface area contributed by atoms with Crippen molar-refractivity contribution in [2.24, 2.45) is 0 Å². The van der Waals surface area contributed by atoms with Gasteiger partial charge in [0.15, 0.2) is 6.61 Å². The van der Waals surface area contributed by atoms with Crippen LogP contribution in [0.3, 0.4) is 0 Å². The average Bonchev–Trinajstić information content (AvgIpc) is 3.35. The van der Waals surface area contributed by atoms with Crippen LogP contribution in [0, 0.1) is 13.8 Å². The van der Waals surface area contributed by atoms with E-state index in [9.17, 15) is 18.0 Å². The summed E-state index contributed by atoms with van der Waals surface area (Å²) in [7, 11) is -2.61. The van der Waals surface area contributed by atoms with Gasteiger partial charge in [0.05, 0.1) is 17.1 Å². The molecule has 0 radical (unpaired) electrons. The number of thiophene rings is 1. The molecule has 7 nitrogen and oxygen atoms in total. The van der Waals surface area contributed by atoms with Crippen molar-refractivity contribution in [3.63, 3.8) is 0 Å². The maximum absolute atomic E-state index is 12.7. The molecule has 2 aromatic heterocycles. The van der Waals surface area contributed by atoms with Crippen molar-refractivity contribution in [3.8, 4) is 0 Å². The van der Waals surface area contributed by atoms with Gasteiger partial charge in [-0.25, -0.2) is 17.9 Å². The van der Waals surface area contributed by atoms with E-state index < -0.39 is 22.6 Å². The summed E-state index contributed by atoms with van der Waals surface area (Å²) in [6.07, 6.45) is 0. The minimum absolute atomic E-state index is 0.0193. The first-order valence-corrected chi connectivity index (χ1v) is 12.0. The number of hydrogen-bond acceptors (Lipinski definition) is 6. The van der Waals surface area contributed by atoms with Gasteiger partial charge in [0, 0.05) is 21.8 Å². The van der Waals surface area contributed by atoms with Gasteiger partial charge in [-0.1, -0.05) is 17.7 Å². The molecule has 164 valence electrons. The molecule has 0 amide bonds. The zero-order chi connectivity index (χ0) is 22.8. The van der Waals surface area contributed by atoms with Gasteiger partial charge in [0.1, 0.15) is 4.90 Å². The molecule has 3 aromatic rings. The van der Waals surface area contributed by atoms with Crippen molar-refractivity contribution < 1.29 is 22.7 Å². The van der Waals surface area contributed by atoms with Crippen LogP contribution in [0.25, 0.3) is 0 Å². The van der Waals surface area contributed by atoms with E-state index >= 15 is 0 Å². The van der Waals surface area contributed by atoms with E-state index in [4.69, 9.17) is 16.3 Å². The van der Waals surface area contributed by atoms with Gasteiger partial charge in [-0.2, -0.15) is 0 Å². The van der Waals surface area contributed by atoms with E-state index in [0.717, 1.165) is 17.5 Å². The molecule has 2 heterocycles. The Labute approximate surface area is 189 Å². The fraction of sp³-hybridized carbons (Fsp3) is 0.238. The molecular weight excluding hydrogens is 460 g/mol. The smallest absolute Gasteiger partial charge is 0.338 e. The number of aryl methyl sites for hydroxylation is 1. The van der Waals surface area contributed by atoms with E-state index in [0.29, 0.717) is 12.1 Å². The predicted molar refractivity (Wildman–Crippen MR) is 120 cm³/mol. The van der Waals surface area contributed by atoms with Gasteiger partial charge >= 0.3 is 5.97 Å². The summed E-state index contributed by atoms with van der Waals surface area (Å²) in [6, 6.07) is 9.54. The van der Waals surface area contributed by atoms with Crippen LogP contribution in [0.15, 0.2) is 46.7 Å².